The van der Waals surface area contributed by atoms with Crippen molar-refractivity contribution >= 4 is 6.29 Å². The number of nitrogens with two attached hydrogens (primary N) is 2. The van der Waals surface area contributed by atoms with Crippen LogP contribution in [0.1, 0.15) is 29.2 Å². The van der Waals surface area contributed by atoms with Gasteiger partial charge in [0.05, 0.1) is 5.41 Å². The molecule has 0 saturated carbocycles. The van der Waals surface area contributed by atoms with Crippen molar-refractivity contribution in [1.82, 2.24) is 0 Å². The number of carbonyl (C=O) groups excluding carboxylic acids is 1. The standard InChI is InChI=1S/C17H20N2O/c1-17(12-20,15-8-4-2-6-13(15)10-18)16-9-5-3-7-14(16)11-19/h2-9,12H,10-11,18-19H2,1H3. The second kappa shape index (κ2) is 5.99. The van der Waals surface area contributed by atoms with Gasteiger partial charge in [-0.05, 0) is 29.2 Å². The van der Waals surface area contributed by atoms with Gasteiger partial charge in [0.15, 0.2) is 0 Å². The van der Waals surface area contributed by atoms with Crippen LogP contribution in [-0.2, 0) is 23.3 Å². The molecule has 104 valence electrons. The fraction of sp³-hybridized carbons (Fsp3) is 0.235. The summed E-state index contributed by atoms with van der Waals surface area (Å²) >= 11 is 0. The molecule has 2 rings (SSSR count). The van der Waals surface area contributed by atoms with Crippen LogP contribution in [-0.4, -0.2) is 6.29 Å². The lowest BCUT2D eigenvalue weighted by atomic mass is 9.74. The van der Waals surface area contributed by atoms with E-state index in [4.69, 9.17) is 11.5 Å². The third-order valence-electron chi connectivity index (χ3n) is 3.83. The molecular formula is C17H20N2O. The summed E-state index contributed by atoms with van der Waals surface area (Å²) in [4.78, 5) is 11.9. The molecule has 0 aliphatic heterocycles. The first-order valence-corrected chi connectivity index (χ1v) is 6.70. The van der Waals surface area contributed by atoms with Crippen LogP contribution in [0, 0.1) is 0 Å². The maximum Gasteiger partial charge on any atom is 0.134 e. The van der Waals surface area contributed by atoms with Crippen molar-refractivity contribution in [3.8, 4) is 0 Å². The highest BCUT2D eigenvalue weighted by Gasteiger charge is 2.31. The van der Waals surface area contributed by atoms with Gasteiger partial charge in [-0.15, -0.1) is 0 Å². The van der Waals surface area contributed by atoms with E-state index in [1.807, 2.05) is 55.5 Å². The van der Waals surface area contributed by atoms with Crippen molar-refractivity contribution < 1.29 is 4.79 Å². The number of benzene rings is 2. The molecule has 0 heterocycles. The van der Waals surface area contributed by atoms with Crippen LogP contribution in [0.5, 0.6) is 0 Å². The summed E-state index contributed by atoms with van der Waals surface area (Å²) in [6.45, 7) is 2.73. The molecule has 0 saturated heterocycles. The molecule has 0 atom stereocenters. The predicted molar refractivity (Wildman–Crippen MR) is 81.2 cm³/mol. The summed E-state index contributed by atoms with van der Waals surface area (Å²) in [5.41, 5.74) is 14.7. The van der Waals surface area contributed by atoms with Gasteiger partial charge >= 0.3 is 0 Å². The largest absolute Gasteiger partial charge is 0.326 e. The van der Waals surface area contributed by atoms with Gasteiger partial charge in [-0.25, -0.2) is 0 Å². The second-order valence-electron chi connectivity index (χ2n) is 5.04. The Labute approximate surface area is 119 Å². The van der Waals surface area contributed by atoms with Crippen LogP contribution in [0.15, 0.2) is 48.5 Å². The molecule has 0 fully saturated rings. The van der Waals surface area contributed by atoms with Crippen molar-refractivity contribution in [1.29, 1.82) is 0 Å². The molecule has 0 amide bonds. The van der Waals surface area contributed by atoms with Crippen molar-refractivity contribution in [3.63, 3.8) is 0 Å². The molecule has 0 unspecified atom stereocenters. The first-order valence-electron chi connectivity index (χ1n) is 6.70. The number of carbonyl (C=O) groups is 1. The van der Waals surface area contributed by atoms with Crippen LogP contribution in [0.4, 0.5) is 0 Å². The Bertz CT molecular complexity index is 560. The van der Waals surface area contributed by atoms with Crippen molar-refractivity contribution in [2.45, 2.75) is 25.4 Å². The topological polar surface area (TPSA) is 69.1 Å². The average Bonchev–Trinajstić information content (AvgIpc) is 2.54. The zero-order chi connectivity index (χ0) is 14.6. The Morgan fingerprint density at radius 3 is 1.65 bits per heavy atom. The molecule has 0 spiro atoms. The fourth-order valence-corrected chi connectivity index (χ4v) is 2.68. The van der Waals surface area contributed by atoms with Crippen molar-refractivity contribution in [2.75, 3.05) is 0 Å². The molecule has 20 heavy (non-hydrogen) atoms. The van der Waals surface area contributed by atoms with Crippen LogP contribution in [0.3, 0.4) is 0 Å². The average molecular weight is 268 g/mol. The van der Waals surface area contributed by atoms with Crippen LogP contribution in [0.2, 0.25) is 0 Å². The van der Waals surface area contributed by atoms with E-state index in [0.29, 0.717) is 13.1 Å². The molecule has 4 N–H and O–H groups in total. The minimum absolute atomic E-state index is 0.407. The maximum atomic E-state index is 11.9. The first kappa shape index (κ1) is 14.4. The smallest absolute Gasteiger partial charge is 0.134 e. The lowest BCUT2D eigenvalue weighted by Gasteiger charge is -2.28. The molecule has 0 aliphatic rings. The summed E-state index contributed by atoms with van der Waals surface area (Å²) < 4.78 is 0. The van der Waals surface area contributed by atoms with Gasteiger partial charge in [-0.1, -0.05) is 48.5 Å². The number of hydrogen-bond acceptors (Lipinski definition) is 3. The summed E-state index contributed by atoms with van der Waals surface area (Å²) in [5.74, 6) is 0. The third kappa shape index (κ3) is 2.38. The molecule has 3 heteroatoms. The van der Waals surface area contributed by atoms with Gasteiger partial charge in [-0.3, -0.25) is 0 Å². The van der Waals surface area contributed by atoms with E-state index in [2.05, 4.69) is 0 Å². The SMILES string of the molecule is CC(C=O)(c1ccccc1CN)c1ccccc1CN. The van der Waals surface area contributed by atoms with E-state index in [1.54, 1.807) is 0 Å². The second-order valence-corrected chi connectivity index (χ2v) is 5.04. The highest BCUT2D eigenvalue weighted by Crippen LogP contribution is 2.34. The lowest BCUT2D eigenvalue weighted by Crippen LogP contribution is -2.29. The molecule has 0 bridgehead atoms. The number of aldehydes is 1. The third-order valence-corrected chi connectivity index (χ3v) is 3.83. The van der Waals surface area contributed by atoms with Crippen LogP contribution < -0.4 is 11.5 Å². The predicted octanol–water partition coefficient (Wildman–Crippen LogP) is 2.11. The van der Waals surface area contributed by atoms with Gasteiger partial charge in [0.1, 0.15) is 6.29 Å². The monoisotopic (exact) mass is 268 g/mol. The van der Waals surface area contributed by atoms with E-state index >= 15 is 0 Å². The lowest BCUT2D eigenvalue weighted by molar-refractivity contribution is -0.111. The van der Waals surface area contributed by atoms with E-state index in [0.717, 1.165) is 28.5 Å². The van der Waals surface area contributed by atoms with E-state index in [9.17, 15) is 4.79 Å². The van der Waals surface area contributed by atoms with E-state index in [-0.39, 0.29) is 0 Å². The van der Waals surface area contributed by atoms with Crippen molar-refractivity contribution in [3.05, 3.63) is 70.8 Å². The number of rotatable bonds is 5. The zero-order valence-electron chi connectivity index (χ0n) is 11.7. The molecule has 0 radical (unpaired) electrons. The van der Waals surface area contributed by atoms with Gasteiger partial charge in [0, 0.05) is 13.1 Å². The molecule has 0 aromatic heterocycles. The Morgan fingerprint density at radius 1 is 0.900 bits per heavy atom. The number of hydrogen-bond donors (Lipinski definition) is 2. The molecule has 3 nitrogen and oxygen atoms in total. The van der Waals surface area contributed by atoms with E-state index in [1.165, 1.54) is 0 Å². The van der Waals surface area contributed by atoms with Crippen LogP contribution >= 0.6 is 0 Å². The fourth-order valence-electron chi connectivity index (χ4n) is 2.68. The summed E-state index contributed by atoms with van der Waals surface area (Å²) in [5, 5.41) is 0. The Kier molecular flexibility index (Phi) is 4.32. The minimum atomic E-state index is -0.730. The Balaban J connectivity index is 2.67. The van der Waals surface area contributed by atoms with Gasteiger partial charge in [-0.2, -0.15) is 0 Å². The van der Waals surface area contributed by atoms with E-state index < -0.39 is 5.41 Å². The quantitative estimate of drug-likeness (QED) is 0.816. The van der Waals surface area contributed by atoms with Crippen molar-refractivity contribution in [2.24, 2.45) is 11.5 Å². The maximum absolute atomic E-state index is 11.9. The normalized spacial score (nSPS) is 11.3. The molecular weight excluding hydrogens is 248 g/mol. The van der Waals surface area contributed by atoms with Gasteiger partial charge in [0.25, 0.3) is 0 Å². The highest BCUT2D eigenvalue weighted by molar-refractivity contribution is 5.76. The van der Waals surface area contributed by atoms with Gasteiger partial charge < -0.3 is 16.3 Å². The summed E-state index contributed by atoms with van der Waals surface area (Å²) in [6, 6.07) is 15.6. The van der Waals surface area contributed by atoms with Gasteiger partial charge in [0.2, 0.25) is 0 Å². The zero-order valence-corrected chi connectivity index (χ0v) is 11.7. The first-order chi connectivity index (χ1) is 9.67. The summed E-state index contributed by atoms with van der Waals surface area (Å²) in [7, 11) is 0. The Hall–Kier alpha value is -1.97. The van der Waals surface area contributed by atoms with Crippen LogP contribution in [0.25, 0.3) is 0 Å². The molecule has 2 aromatic carbocycles. The summed E-state index contributed by atoms with van der Waals surface area (Å²) in [6.07, 6.45) is 0.982. The molecule has 0 aliphatic carbocycles. The Morgan fingerprint density at radius 2 is 1.30 bits per heavy atom. The minimum Gasteiger partial charge on any atom is -0.326 e. The molecule has 2 aromatic rings. The highest BCUT2D eigenvalue weighted by atomic mass is 16.1.